The number of likely N-dealkylation sites (tertiary alicyclic amines) is 1. The molecule has 0 aliphatic carbocycles. The number of piperidine rings is 1. The van der Waals surface area contributed by atoms with Crippen LogP contribution in [0, 0.1) is 0 Å². The van der Waals surface area contributed by atoms with Crippen molar-refractivity contribution < 1.29 is 23.1 Å². The lowest BCUT2D eigenvalue weighted by Crippen LogP contribution is -2.45. The molecule has 1 saturated heterocycles. The number of aliphatic hydroxyl groups excluding tert-OH is 1. The molecule has 1 aliphatic rings. The van der Waals surface area contributed by atoms with Gasteiger partial charge in [-0.3, -0.25) is 9.69 Å². The number of halogens is 3. The fourth-order valence-electron chi connectivity index (χ4n) is 3.26. The molecule has 0 radical (unpaired) electrons. The number of H-pyrrole nitrogens is 1. The Balaban J connectivity index is 1.60. The molecule has 1 unspecified atom stereocenters. The lowest BCUT2D eigenvalue weighted by atomic mass is 10.0. The Bertz CT molecular complexity index is 775. The lowest BCUT2D eigenvalue weighted by molar-refractivity contribution is -0.144. The summed E-state index contributed by atoms with van der Waals surface area (Å²) in [6.07, 6.45) is -1.44. The summed E-state index contributed by atoms with van der Waals surface area (Å²) in [5, 5.41) is 12.2. The number of carbonyl (C=O) groups excluding carboxylic acids is 1. The predicted molar refractivity (Wildman–Crippen MR) is 89.7 cm³/mol. The minimum Gasteiger partial charge on any atom is -0.395 e. The van der Waals surface area contributed by atoms with Crippen molar-refractivity contribution in [2.45, 2.75) is 31.5 Å². The van der Waals surface area contributed by atoms with Crippen molar-refractivity contribution >= 4 is 16.9 Å². The maximum Gasteiger partial charge on any atom is 0.449 e. The van der Waals surface area contributed by atoms with Crippen LogP contribution < -0.4 is 5.32 Å². The normalized spacial score (nSPS) is 19.0. The van der Waals surface area contributed by atoms with Crippen LogP contribution in [0.15, 0.2) is 18.2 Å². The topological polar surface area (TPSA) is 81.2 Å². The van der Waals surface area contributed by atoms with Crippen LogP contribution in [-0.2, 0) is 6.18 Å². The molecule has 1 aromatic heterocycles. The molecule has 3 rings (SSSR count). The van der Waals surface area contributed by atoms with Gasteiger partial charge in [0.05, 0.1) is 17.6 Å². The van der Waals surface area contributed by atoms with Crippen LogP contribution in [0.4, 0.5) is 13.2 Å². The van der Waals surface area contributed by atoms with Gasteiger partial charge in [-0.25, -0.2) is 4.98 Å². The highest BCUT2D eigenvalue weighted by Crippen LogP contribution is 2.28. The second kappa shape index (κ2) is 7.63. The van der Waals surface area contributed by atoms with Crippen molar-refractivity contribution in [3.05, 3.63) is 29.6 Å². The van der Waals surface area contributed by atoms with Crippen molar-refractivity contribution in [2.75, 3.05) is 26.2 Å². The Morgan fingerprint density at radius 1 is 1.38 bits per heavy atom. The van der Waals surface area contributed by atoms with Crippen LogP contribution in [0.25, 0.3) is 11.0 Å². The average Bonchev–Trinajstić information content (AvgIpc) is 3.05. The van der Waals surface area contributed by atoms with Crippen molar-refractivity contribution in [1.82, 2.24) is 20.2 Å². The highest BCUT2D eigenvalue weighted by Gasteiger charge is 2.34. The van der Waals surface area contributed by atoms with Crippen molar-refractivity contribution in [3.8, 4) is 0 Å². The number of aliphatic hydroxyl groups is 1. The number of hydrogen-bond donors (Lipinski definition) is 3. The molecule has 1 atom stereocenters. The van der Waals surface area contributed by atoms with Crippen molar-refractivity contribution in [2.24, 2.45) is 0 Å². The number of alkyl halides is 3. The van der Waals surface area contributed by atoms with Gasteiger partial charge in [0.1, 0.15) is 0 Å². The zero-order chi connectivity index (χ0) is 18.7. The van der Waals surface area contributed by atoms with Crippen LogP contribution in [0.2, 0.25) is 0 Å². The zero-order valence-electron chi connectivity index (χ0n) is 14.1. The van der Waals surface area contributed by atoms with Crippen LogP contribution in [-0.4, -0.2) is 58.2 Å². The van der Waals surface area contributed by atoms with E-state index in [0.717, 1.165) is 25.8 Å². The summed E-state index contributed by atoms with van der Waals surface area (Å²) in [5.41, 5.74) is 0.599. The minimum atomic E-state index is -4.56. The quantitative estimate of drug-likeness (QED) is 0.753. The summed E-state index contributed by atoms with van der Waals surface area (Å²) in [6, 6.07) is 4.34. The van der Waals surface area contributed by atoms with Gasteiger partial charge in [-0.05, 0) is 37.6 Å². The van der Waals surface area contributed by atoms with Crippen LogP contribution >= 0.6 is 0 Å². The summed E-state index contributed by atoms with van der Waals surface area (Å²) in [4.78, 5) is 20.1. The lowest BCUT2D eigenvalue weighted by Gasteiger charge is -2.34. The Kier molecular flexibility index (Phi) is 5.47. The highest BCUT2D eigenvalue weighted by atomic mass is 19.4. The largest absolute Gasteiger partial charge is 0.449 e. The highest BCUT2D eigenvalue weighted by molar-refractivity contribution is 5.97. The third kappa shape index (κ3) is 4.16. The maximum atomic E-state index is 12.7. The molecule has 9 heteroatoms. The number of fused-ring (bicyclic) bond motifs is 1. The summed E-state index contributed by atoms with van der Waals surface area (Å²) in [6.45, 7) is 2.03. The van der Waals surface area contributed by atoms with Crippen LogP contribution in [0.5, 0.6) is 0 Å². The summed E-state index contributed by atoms with van der Waals surface area (Å²) in [7, 11) is 0. The molecule has 6 nitrogen and oxygen atoms in total. The fraction of sp³-hybridized carbons (Fsp3) is 0.529. The monoisotopic (exact) mass is 370 g/mol. The number of rotatable bonds is 5. The minimum absolute atomic E-state index is 0.103. The maximum absolute atomic E-state index is 12.7. The molecule has 2 heterocycles. The van der Waals surface area contributed by atoms with Gasteiger partial charge in [0.2, 0.25) is 5.82 Å². The van der Waals surface area contributed by atoms with Crippen LogP contribution in [0.3, 0.4) is 0 Å². The zero-order valence-corrected chi connectivity index (χ0v) is 14.1. The number of aromatic nitrogens is 2. The number of nitrogens with one attached hydrogen (secondary N) is 2. The number of hydrogen-bond acceptors (Lipinski definition) is 4. The summed E-state index contributed by atoms with van der Waals surface area (Å²) < 4.78 is 38.1. The molecule has 0 bridgehead atoms. The molecule has 0 spiro atoms. The Labute approximate surface area is 148 Å². The molecule has 26 heavy (non-hydrogen) atoms. The van der Waals surface area contributed by atoms with Gasteiger partial charge in [-0.1, -0.05) is 6.42 Å². The van der Waals surface area contributed by atoms with E-state index in [1.807, 2.05) is 0 Å². The van der Waals surface area contributed by atoms with Gasteiger partial charge >= 0.3 is 6.18 Å². The standard InChI is InChI=1S/C17H21F3N4O2/c18-17(19,20)16-22-13-5-4-11(9-14(13)23-16)15(26)21-6-8-24-7-2-1-3-12(24)10-25/h4-5,9,12,25H,1-3,6-8,10H2,(H,21,26)(H,22,23). The smallest absolute Gasteiger partial charge is 0.395 e. The molecule has 0 saturated carbocycles. The van der Waals surface area contributed by atoms with E-state index in [2.05, 4.69) is 20.2 Å². The number of carbonyl (C=O) groups is 1. The molecule has 1 aliphatic heterocycles. The first-order chi connectivity index (χ1) is 12.4. The van der Waals surface area contributed by atoms with E-state index in [1.54, 1.807) is 0 Å². The van der Waals surface area contributed by atoms with Gasteiger partial charge in [0, 0.05) is 24.7 Å². The summed E-state index contributed by atoms with van der Waals surface area (Å²) >= 11 is 0. The van der Waals surface area contributed by atoms with Crippen molar-refractivity contribution in [1.29, 1.82) is 0 Å². The first-order valence-corrected chi connectivity index (χ1v) is 8.58. The number of aromatic amines is 1. The predicted octanol–water partition coefficient (Wildman–Crippen LogP) is 2.16. The number of benzene rings is 1. The average molecular weight is 370 g/mol. The van der Waals surface area contributed by atoms with Gasteiger partial charge in [-0.15, -0.1) is 0 Å². The first kappa shape index (κ1) is 18.7. The first-order valence-electron chi connectivity index (χ1n) is 8.58. The molecule has 1 fully saturated rings. The van der Waals surface area contributed by atoms with E-state index >= 15 is 0 Å². The second-order valence-electron chi connectivity index (χ2n) is 6.44. The van der Waals surface area contributed by atoms with Gasteiger partial charge < -0.3 is 15.4 Å². The Morgan fingerprint density at radius 2 is 2.19 bits per heavy atom. The number of imidazole rings is 1. The van der Waals surface area contributed by atoms with Crippen molar-refractivity contribution in [3.63, 3.8) is 0 Å². The molecule has 1 aromatic carbocycles. The van der Waals surface area contributed by atoms with Crippen LogP contribution in [0.1, 0.15) is 35.4 Å². The second-order valence-corrected chi connectivity index (χ2v) is 6.44. The molecular formula is C17H21F3N4O2. The van der Waals surface area contributed by atoms with E-state index in [1.165, 1.54) is 18.2 Å². The van der Waals surface area contributed by atoms with E-state index in [9.17, 15) is 23.1 Å². The van der Waals surface area contributed by atoms with E-state index in [0.29, 0.717) is 13.1 Å². The Hall–Kier alpha value is -2.13. The number of nitrogens with zero attached hydrogens (tertiary/aromatic N) is 2. The molecule has 3 N–H and O–H groups in total. The van der Waals surface area contributed by atoms with E-state index in [-0.39, 0.29) is 35.2 Å². The molecular weight excluding hydrogens is 349 g/mol. The molecule has 1 amide bonds. The molecule has 142 valence electrons. The Morgan fingerprint density at radius 3 is 2.92 bits per heavy atom. The third-order valence-electron chi connectivity index (χ3n) is 4.66. The third-order valence-corrected chi connectivity index (χ3v) is 4.66. The molecule has 2 aromatic rings. The van der Waals surface area contributed by atoms with Gasteiger partial charge in [0.25, 0.3) is 5.91 Å². The van der Waals surface area contributed by atoms with Gasteiger partial charge in [-0.2, -0.15) is 13.2 Å². The SMILES string of the molecule is O=C(NCCN1CCCCC1CO)c1ccc2nc(C(F)(F)F)[nH]c2c1. The number of amides is 1. The summed E-state index contributed by atoms with van der Waals surface area (Å²) in [5.74, 6) is -1.43. The van der Waals surface area contributed by atoms with Gasteiger partial charge in [0.15, 0.2) is 0 Å². The van der Waals surface area contributed by atoms with E-state index in [4.69, 9.17) is 0 Å². The fourth-order valence-corrected chi connectivity index (χ4v) is 3.26. The van der Waals surface area contributed by atoms with E-state index < -0.39 is 12.0 Å².